The lowest BCUT2D eigenvalue weighted by atomic mass is 9.80. The van der Waals surface area contributed by atoms with E-state index < -0.39 is 18.1 Å². The summed E-state index contributed by atoms with van der Waals surface area (Å²) in [5.41, 5.74) is -0.0838. The molecule has 20 heavy (non-hydrogen) atoms. The zero-order chi connectivity index (χ0) is 15.1. The van der Waals surface area contributed by atoms with Gasteiger partial charge in [-0.05, 0) is 39.7 Å². The number of hydrogen-bond acceptors (Lipinski definition) is 2. The highest BCUT2D eigenvalue weighted by Crippen LogP contribution is 2.47. The number of aliphatic hydroxyl groups is 1. The van der Waals surface area contributed by atoms with Crippen LogP contribution in [-0.2, 0) is 4.74 Å². The molecule has 2 nitrogen and oxygen atoms in total. The smallest absolute Gasteiger partial charge is 0.263 e. The first kappa shape index (κ1) is 15.4. The van der Waals surface area contributed by atoms with E-state index in [0.717, 1.165) is 6.42 Å². The molecule has 1 heterocycles. The fourth-order valence-corrected chi connectivity index (χ4v) is 3.17. The van der Waals surface area contributed by atoms with Crippen molar-refractivity contribution in [2.24, 2.45) is 5.92 Å². The molecule has 2 rings (SSSR count). The second-order valence-corrected chi connectivity index (χ2v) is 6.69. The molecule has 1 aliphatic heterocycles. The Balaban J connectivity index is 2.21. The van der Waals surface area contributed by atoms with E-state index in [-0.39, 0.29) is 17.1 Å². The summed E-state index contributed by atoms with van der Waals surface area (Å²) in [4.78, 5) is 0. The Morgan fingerprint density at radius 2 is 1.60 bits per heavy atom. The molecule has 2 unspecified atom stereocenters. The number of ether oxygens (including phenoxy) is 1. The Kier molecular flexibility index (Phi) is 3.91. The molecule has 1 aliphatic rings. The average molecular weight is 284 g/mol. The second kappa shape index (κ2) is 5.08. The van der Waals surface area contributed by atoms with Crippen molar-refractivity contribution in [2.45, 2.75) is 57.8 Å². The average Bonchev–Trinajstić information content (AvgIpc) is 2.56. The summed E-state index contributed by atoms with van der Waals surface area (Å²) in [6.45, 7) is 7.93. The summed E-state index contributed by atoms with van der Waals surface area (Å²) in [6, 6.07) is 5.90. The topological polar surface area (TPSA) is 29.5 Å². The van der Waals surface area contributed by atoms with E-state index in [1.165, 1.54) is 12.1 Å². The summed E-state index contributed by atoms with van der Waals surface area (Å²) >= 11 is 0. The van der Waals surface area contributed by atoms with E-state index in [1.807, 2.05) is 27.7 Å². The van der Waals surface area contributed by atoms with Gasteiger partial charge in [-0.3, -0.25) is 0 Å². The molecule has 0 spiro atoms. The van der Waals surface area contributed by atoms with Gasteiger partial charge in [-0.1, -0.05) is 24.3 Å². The van der Waals surface area contributed by atoms with Gasteiger partial charge in [0, 0.05) is 11.5 Å². The third-order valence-corrected chi connectivity index (χ3v) is 4.05. The minimum atomic E-state index is -2.48. The summed E-state index contributed by atoms with van der Waals surface area (Å²) in [7, 11) is 0. The monoisotopic (exact) mass is 284 g/mol. The van der Waals surface area contributed by atoms with Crippen LogP contribution in [0, 0.1) is 5.92 Å². The predicted octanol–water partition coefficient (Wildman–Crippen LogP) is 4.25. The lowest BCUT2D eigenvalue weighted by Crippen LogP contribution is -2.32. The first-order chi connectivity index (χ1) is 9.12. The zero-order valence-corrected chi connectivity index (χ0v) is 12.4. The quantitative estimate of drug-likeness (QED) is 0.899. The SMILES string of the molecule is CC1(C)CC(C(O)c2ccc(C(F)F)cc2)C(C)(C)O1. The van der Waals surface area contributed by atoms with E-state index in [9.17, 15) is 13.9 Å². The maximum absolute atomic E-state index is 12.5. The highest BCUT2D eigenvalue weighted by Gasteiger charge is 2.49. The van der Waals surface area contributed by atoms with Gasteiger partial charge in [0.05, 0.1) is 17.3 Å². The molecule has 0 saturated carbocycles. The lowest BCUT2D eigenvalue weighted by Gasteiger charge is -2.30. The third-order valence-electron chi connectivity index (χ3n) is 4.05. The molecular weight excluding hydrogens is 262 g/mol. The Morgan fingerprint density at radius 1 is 1.10 bits per heavy atom. The normalized spacial score (nSPS) is 25.9. The van der Waals surface area contributed by atoms with Gasteiger partial charge in [0.25, 0.3) is 6.43 Å². The molecule has 1 saturated heterocycles. The number of aliphatic hydroxyl groups excluding tert-OH is 1. The van der Waals surface area contributed by atoms with Crippen molar-refractivity contribution < 1.29 is 18.6 Å². The molecule has 0 bridgehead atoms. The predicted molar refractivity (Wildman–Crippen MR) is 73.7 cm³/mol. The number of hydrogen-bond donors (Lipinski definition) is 1. The minimum absolute atomic E-state index is 0.0248. The molecule has 0 aromatic heterocycles. The van der Waals surface area contributed by atoms with E-state index >= 15 is 0 Å². The summed E-state index contributed by atoms with van der Waals surface area (Å²) in [6.07, 6.45) is -2.46. The van der Waals surface area contributed by atoms with Crippen LogP contribution < -0.4 is 0 Å². The second-order valence-electron chi connectivity index (χ2n) is 6.69. The van der Waals surface area contributed by atoms with Crippen LogP contribution in [0.25, 0.3) is 0 Å². The number of benzene rings is 1. The van der Waals surface area contributed by atoms with Crippen LogP contribution in [-0.4, -0.2) is 16.3 Å². The highest BCUT2D eigenvalue weighted by molar-refractivity contribution is 5.26. The van der Waals surface area contributed by atoms with Gasteiger partial charge >= 0.3 is 0 Å². The van der Waals surface area contributed by atoms with Crippen LogP contribution in [0.15, 0.2) is 24.3 Å². The number of halogens is 2. The van der Waals surface area contributed by atoms with Gasteiger partial charge in [-0.15, -0.1) is 0 Å². The zero-order valence-electron chi connectivity index (χ0n) is 12.4. The minimum Gasteiger partial charge on any atom is -0.388 e. The molecule has 112 valence electrons. The molecule has 0 amide bonds. The molecule has 0 aliphatic carbocycles. The molecule has 0 radical (unpaired) electrons. The van der Waals surface area contributed by atoms with Crippen molar-refractivity contribution in [1.29, 1.82) is 0 Å². The number of rotatable bonds is 3. The molecule has 1 fully saturated rings. The Morgan fingerprint density at radius 3 is 2.00 bits per heavy atom. The largest absolute Gasteiger partial charge is 0.388 e. The molecule has 1 aromatic carbocycles. The number of alkyl halides is 2. The maximum atomic E-state index is 12.5. The molecule has 2 atom stereocenters. The van der Waals surface area contributed by atoms with Gasteiger partial charge < -0.3 is 9.84 Å². The lowest BCUT2D eigenvalue weighted by molar-refractivity contribution is -0.0880. The van der Waals surface area contributed by atoms with E-state index in [0.29, 0.717) is 5.56 Å². The first-order valence-electron chi connectivity index (χ1n) is 6.89. The van der Waals surface area contributed by atoms with Gasteiger partial charge in [0.15, 0.2) is 0 Å². The van der Waals surface area contributed by atoms with E-state index in [4.69, 9.17) is 4.74 Å². The van der Waals surface area contributed by atoms with E-state index in [1.54, 1.807) is 12.1 Å². The standard InChI is InChI=1S/C16H22F2O2/c1-15(2)9-12(16(3,4)20-15)13(19)10-5-7-11(8-6-10)14(17)18/h5-8,12-14,19H,9H2,1-4H3. The van der Waals surface area contributed by atoms with Crippen molar-refractivity contribution in [3.63, 3.8) is 0 Å². The van der Waals surface area contributed by atoms with Crippen molar-refractivity contribution in [1.82, 2.24) is 0 Å². The molecule has 1 N–H and O–H groups in total. The maximum Gasteiger partial charge on any atom is 0.263 e. The molecule has 1 aromatic rings. The fraction of sp³-hybridized carbons (Fsp3) is 0.625. The summed E-state index contributed by atoms with van der Waals surface area (Å²) in [5, 5.41) is 10.6. The summed E-state index contributed by atoms with van der Waals surface area (Å²) in [5.74, 6) is -0.0603. The van der Waals surface area contributed by atoms with Gasteiger partial charge in [-0.25, -0.2) is 8.78 Å². The molecule has 4 heteroatoms. The first-order valence-corrected chi connectivity index (χ1v) is 6.89. The Hall–Kier alpha value is -1.00. The van der Waals surface area contributed by atoms with Crippen molar-refractivity contribution in [3.05, 3.63) is 35.4 Å². The van der Waals surface area contributed by atoms with Crippen molar-refractivity contribution >= 4 is 0 Å². The van der Waals surface area contributed by atoms with Crippen LogP contribution in [0.2, 0.25) is 0 Å². The van der Waals surface area contributed by atoms with Gasteiger partial charge in [-0.2, -0.15) is 0 Å². The van der Waals surface area contributed by atoms with Gasteiger partial charge in [0.1, 0.15) is 0 Å². The van der Waals surface area contributed by atoms with Crippen molar-refractivity contribution in [2.75, 3.05) is 0 Å². The Labute approximate surface area is 118 Å². The summed E-state index contributed by atoms with van der Waals surface area (Å²) < 4.78 is 31.1. The third kappa shape index (κ3) is 3.01. The van der Waals surface area contributed by atoms with Crippen LogP contribution in [0.4, 0.5) is 8.78 Å². The van der Waals surface area contributed by atoms with Crippen LogP contribution in [0.1, 0.15) is 57.8 Å². The Bertz CT molecular complexity index is 466. The molecular formula is C16H22F2O2. The fourth-order valence-electron chi connectivity index (χ4n) is 3.17. The van der Waals surface area contributed by atoms with Crippen LogP contribution in [0.3, 0.4) is 0 Å². The van der Waals surface area contributed by atoms with Crippen molar-refractivity contribution in [3.8, 4) is 0 Å². The van der Waals surface area contributed by atoms with Gasteiger partial charge in [0.2, 0.25) is 0 Å². The van der Waals surface area contributed by atoms with Crippen LogP contribution in [0.5, 0.6) is 0 Å². The highest BCUT2D eigenvalue weighted by atomic mass is 19.3. The van der Waals surface area contributed by atoms with Crippen LogP contribution >= 0.6 is 0 Å². The van der Waals surface area contributed by atoms with E-state index in [2.05, 4.69) is 0 Å².